The van der Waals surface area contributed by atoms with Crippen molar-refractivity contribution in [1.29, 1.82) is 0 Å². The number of aromatic nitrogens is 1. The van der Waals surface area contributed by atoms with E-state index in [4.69, 9.17) is 21.7 Å². The third kappa shape index (κ3) is 4.76. The summed E-state index contributed by atoms with van der Waals surface area (Å²) in [4.78, 5) is 6.16. The molecule has 2 heterocycles. The molecule has 1 N–H and O–H groups in total. The first kappa shape index (κ1) is 17.8. The van der Waals surface area contributed by atoms with Gasteiger partial charge >= 0.3 is 0 Å². The highest BCUT2D eigenvalue weighted by atomic mass is 32.2. The summed E-state index contributed by atoms with van der Waals surface area (Å²) in [5.41, 5.74) is 2.12. The Kier molecular flexibility index (Phi) is 6.36. The van der Waals surface area contributed by atoms with Crippen molar-refractivity contribution in [3.63, 3.8) is 0 Å². The molecular formula is C18H21N3O2S2. The van der Waals surface area contributed by atoms with Crippen LogP contribution in [0.15, 0.2) is 42.7 Å². The van der Waals surface area contributed by atoms with Crippen molar-refractivity contribution in [2.45, 2.75) is 13.0 Å². The lowest BCUT2D eigenvalue weighted by atomic mass is 10.2. The van der Waals surface area contributed by atoms with Crippen molar-refractivity contribution in [2.24, 2.45) is 0 Å². The minimum atomic E-state index is 0.264. The molecule has 0 amide bonds. The number of hydrogen-bond acceptors (Lipinski definition) is 5. The molecule has 1 aliphatic heterocycles. The molecule has 0 spiro atoms. The van der Waals surface area contributed by atoms with Crippen molar-refractivity contribution < 1.29 is 9.47 Å². The zero-order chi connectivity index (χ0) is 17.5. The van der Waals surface area contributed by atoms with Crippen LogP contribution in [-0.4, -0.2) is 35.4 Å². The average Bonchev–Trinajstić information content (AvgIpc) is 3.11. The van der Waals surface area contributed by atoms with Gasteiger partial charge in [-0.25, -0.2) is 0 Å². The van der Waals surface area contributed by atoms with Gasteiger partial charge in [0.2, 0.25) is 6.79 Å². The second-order valence-electron chi connectivity index (χ2n) is 5.56. The van der Waals surface area contributed by atoms with Gasteiger partial charge < -0.3 is 19.7 Å². The van der Waals surface area contributed by atoms with E-state index < -0.39 is 0 Å². The zero-order valence-corrected chi connectivity index (χ0v) is 15.7. The Morgan fingerprint density at radius 2 is 2.04 bits per heavy atom. The minimum Gasteiger partial charge on any atom is -0.454 e. The Labute approximate surface area is 157 Å². The summed E-state index contributed by atoms with van der Waals surface area (Å²) in [6, 6.07) is 9.89. The Morgan fingerprint density at radius 3 is 2.84 bits per heavy atom. The Hall–Kier alpha value is -1.99. The van der Waals surface area contributed by atoms with Gasteiger partial charge in [0.15, 0.2) is 16.6 Å². The van der Waals surface area contributed by atoms with Crippen LogP contribution in [0.1, 0.15) is 12.0 Å². The molecule has 0 saturated heterocycles. The van der Waals surface area contributed by atoms with E-state index >= 15 is 0 Å². The number of pyridine rings is 1. The number of thioether (sulfide) groups is 1. The van der Waals surface area contributed by atoms with Gasteiger partial charge in [0, 0.05) is 30.7 Å². The molecule has 0 unspecified atom stereocenters. The van der Waals surface area contributed by atoms with Crippen molar-refractivity contribution in [2.75, 3.05) is 30.2 Å². The van der Waals surface area contributed by atoms with Gasteiger partial charge in [-0.15, -0.1) is 0 Å². The SMILES string of the molecule is CSCCCNC(=S)N(Cc1ccncc1)c1ccc2c(c1)OCO2. The second-order valence-corrected chi connectivity index (χ2v) is 6.93. The molecule has 1 aromatic heterocycles. The lowest BCUT2D eigenvalue weighted by Crippen LogP contribution is -2.40. The standard InChI is InChI=1S/C18H21N3O2S2/c1-25-10-2-7-20-18(24)21(12-14-5-8-19-9-6-14)15-3-4-16-17(11-15)23-13-22-16/h3-6,8-9,11H,2,7,10,12-13H2,1H3,(H,20,24). The van der Waals surface area contributed by atoms with Crippen molar-refractivity contribution in [3.05, 3.63) is 48.3 Å². The van der Waals surface area contributed by atoms with Crippen LogP contribution in [0.4, 0.5) is 5.69 Å². The van der Waals surface area contributed by atoms with Crippen LogP contribution in [0.5, 0.6) is 11.5 Å². The molecule has 0 fully saturated rings. The molecule has 0 radical (unpaired) electrons. The summed E-state index contributed by atoms with van der Waals surface area (Å²) >= 11 is 7.49. The van der Waals surface area contributed by atoms with Gasteiger partial charge in [-0.05, 0) is 60.5 Å². The Balaban J connectivity index is 1.77. The molecule has 7 heteroatoms. The number of nitrogens with zero attached hydrogens (tertiary/aromatic N) is 2. The number of fused-ring (bicyclic) bond motifs is 1. The number of ether oxygens (including phenoxy) is 2. The molecule has 0 bridgehead atoms. The third-order valence-electron chi connectivity index (χ3n) is 3.80. The monoisotopic (exact) mass is 375 g/mol. The lowest BCUT2D eigenvalue weighted by Gasteiger charge is -2.26. The van der Waals surface area contributed by atoms with E-state index in [1.54, 1.807) is 12.4 Å². The molecule has 0 aliphatic carbocycles. The maximum Gasteiger partial charge on any atom is 0.231 e. The molecule has 1 aliphatic rings. The van der Waals surface area contributed by atoms with E-state index in [-0.39, 0.29) is 6.79 Å². The number of benzene rings is 1. The molecule has 0 atom stereocenters. The first-order valence-corrected chi connectivity index (χ1v) is 9.91. The maximum absolute atomic E-state index is 5.65. The topological polar surface area (TPSA) is 46.6 Å². The summed E-state index contributed by atoms with van der Waals surface area (Å²) in [5.74, 6) is 2.64. The molecule has 2 aromatic rings. The summed E-state index contributed by atoms with van der Waals surface area (Å²) in [7, 11) is 0. The van der Waals surface area contributed by atoms with Gasteiger partial charge in [0.1, 0.15) is 0 Å². The van der Waals surface area contributed by atoms with E-state index in [1.165, 1.54) is 0 Å². The number of rotatable bonds is 7. The van der Waals surface area contributed by atoms with Crippen molar-refractivity contribution >= 4 is 34.8 Å². The number of hydrogen-bond donors (Lipinski definition) is 1. The van der Waals surface area contributed by atoms with Crippen LogP contribution in [0, 0.1) is 0 Å². The first-order valence-electron chi connectivity index (χ1n) is 8.11. The maximum atomic E-state index is 5.65. The summed E-state index contributed by atoms with van der Waals surface area (Å²) < 4.78 is 10.9. The Morgan fingerprint density at radius 1 is 1.24 bits per heavy atom. The zero-order valence-electron chi connectivity index (χ0n) is 14.1. The highest BCUT2D eigenvalue weighted by Crippen LogP contribution is 2.35. The number of nitrogens with one attached hydrogen (secondary N) is 1. The fraction of sp³-hybridized carbons (Fsp3) is 0.333. The largest absolute Gasteiger partial charge is 0.454 e. The predicted molar refractivity (Wildman–Crippen MR) is 107 cm³/mol. The second kappa shape index (κ2) is 8.92. The van der Waals surface area contributed by atoms with Gasteiger partial charge in [0.05, 0.1) is 6.54 Å². The smallest absolute Gasteiger partial charge is 0.231 e. The lowest BCUT2D eigenvalue weighted by molar-refractivity contribution is 0.174. The summed E-state index contributed by atoms with van der Waals surface area (Å²) in [6.07, 6.45) is 6.77. The summed E-state index contributed by atoms with van der Waals surface area (Å²) in [6.45, 7) is 1.79. The van der Waals surface area contributed by atoms with E-state index in [1.807, 2.05) is 42.1 Å². The summed E-state index contributed by atoms with van der Waals surface area (Å²) in [5, 5.41) is 4.07. The quantitative estimate of drug-likeness (QED) is 0.587. The fourth-order valence-corrected chi connectivity index (χ4v) is 3.22. The average molecular weight is 376 g/mol. The highest BCUT2D eigenvalue weighted by Gasteiger charge is 2.18. The van der Waals surface area contributed by atoms with E-state index in [2.05, 4.69) is 21.5 Å². The van der Waals surface area contributed by atoms with Crippen LogP contribution >= 0.6 is 24.0 Å². The normalized spacial score (nSPS) is 12.0. The predicted octanol–water partition coefficient (Wildman–Crippen LogP) is 3.44. The molecule has 3 rings (SSSR count). The third-order valence-corrected chi connectivity index (χ3v) is 4.87. The van der Waals surface area contributed by atoms with E-state index in [9.17, 15) is 0 Å². The molecule has 5 nitrogen and oxygen atoms in total. The van der Waals surface area contributed by atoms with Gasteiger partial charge in [-0.1, -0.05) is 0 Å². The Bertz CT molecular complexity index is 713. The van der Waals surface area contributed by atoms with Crippen LogP contribution in [0.2, 0.25) is 0 Å². The molecule has 0 saturated carbocycles. The number of thiocarbonyl (C=S) groups is 1. The number of anilines is 1. The molecule has 1 aromatic carbocycles. The van der Waals surface area contributed by atoms with Crippen LogP contribution in [-0.2, 0) is 6.54 Å². The molecular weight excluding hydrogens is 354 g/mol. The van der Waals surface area contributed by atoms with Gasteiger partial charge in [-0.3, -0.25) is 4.98 Å². The van der Waals surface area contributed by atoms with Crippen LogP contribution in [0.25, 0.3) is 0 Å². The van der Waals surface area contributed by atoms with Gasteiger partial charge in [0.25, 0.3) is 0 Å². The van der Waals surface area contributed by atoms with Gasteiger partial charge in [-0.2, -0.15) is 11.8 Å². The van der Waals surface area contributed by atoms with Crippen LogP contribution < -0.4 is 19.7 Å². The first-order chi connectivity index (χ1) is 12.3. The van der Waals surface area contributed by atoms with E-state index in [0.29, 0.717) is 11.7 Å². The van der Waals surface area contributed by atoms with Crippen molar-refractivity contribution in [1.82, 2.24) is 10.3 Å². The van der Waals surface area contributed by atoms with Crippen LogP contribution in [0.3, 0.4) is 0 Å². The molecule has 25 heavy (non-hydrogen) atoms. The van der Waals surface area contributed by atoms with Crippen molar-refractivity contribution in [3.8, 4) is 11.5 Å². The highest BCUT2D eigenvalue weighted by molar-refractivity contribution is 7.98. The fourth-order valence-electron chi connectivity index (χ4n) is 2.51. The minimum absolute atomic E-state index is 0.264. The van der Waals surface area contributed by atoms with E-state index in [0.717, 1.165) is 41.5 Å². The molecule has 132 valence electrons.